The molecule has 1 N–H and O–H groups in total. The molecule has 2 nitrogen and oxygen atoms in total. The van der Waals surface area contributed by atoms with Crippen LogP contribution < -0.4 is 0 Å². The number of hydrogen-bond donors (Lipinski definition) is 2. The van der Waals surface area contributed by atoms with Crippen molar-refractivity contribution in [1.82, 2.24) is 0 Å². The molecule has 2 aliphatic carbocycles. The highest BCUT2D eigenvalue weighted by Gasteiger charge is 2.47. The zero-order valence-corrected chi connectivity index (χ0v) is 7.13. The summed E-state index contributed by atoms with van der Waals surface area (Å²) in [4.78, 5) is 10.7. The lowest BCUT2D eigenvalue weighted by molar-refractivity contribution is -0.143. The summed E-state index contributed by atoms with van der Waals surface area (Å²) >= 11 is 4.39. The molecule has 0 amide bonds. The van der Waals surface area contributed by atoms with E-state index in [1.54, 1.807) is 0 Å². The van der Waals surface area contributed by atoms with Crippen molar-refractivity contribution in [2.75, 3.05) is 0 Å². The first-order chi connectivity index (χ1) is 5.18. The van der Waals surface area contributed by atoms with Crippen molar-refractivity contribution >= 4 is 18.6 Å². The molecular weight excluding hydrogens is 160 g/mol. The average Bonchev–Trinajstić information content (AvgIpc) is 2.43. The van der Waals surface area contributed by atoms with Crippen LogP contribution in [0, 0.1) is 17.8 Å². The van der Waals surface area contributed by atoms with Crippen molar-refractivity contribution in [3.63, 3.8) is 0 Å². The highest BCUT2D eigenvalue weighted by Crippen LogP contribution is 2.50. The van der Waals surface area contributed by atoms with Crippen LogP contribution in [0.25, 0.3) is 0 Å². The first kappa shape index (κ1) is 7.47. The number of aliphatic carboxylic acids is 1. The van der Waals surface area contributed by atoms with Gasteiger partial charge in [0.05, 0.1) is 5.92 Å². The van der Waals surface area contributed by atoms with Gasteiger partial charge in [0.25, 0.3) is 0 Å². The molecular formula is C8H12O2S. The standard InChI is InChI=1S/C8H12O2S/c9-8(10)6-2-4-1-5(6)7(11)3-4/h4-7,11H,1-3H2,(H,9,10). The average molecular weight is 172 g/mol. The molecule has 0 aromatic rings. The minimum Gasteiger partial charge on any atom is -0.481 e. The molecule has 2 aliphatic rings. The minimum absolute atomic E-state index is 0.0868. The second-order valence-corrected chi connectivity index (χ2v) is 4.41. The number of carboxylic acid groups (broad SMARTS) is 1. The van der Waals surface area contributed by atoms with Crippen LogP contribution in [0.5, 0.6) is 0 Å². The van der Waals surface area contributed by atoms with Gasteiger partial charge in [-0.3, -0.25) is 4.79 Å². The Kier molecular flexibility index (Phi) is 1.63. The van der Waals surface area contributed by atoms with Gasteiger partial charge in [-0.05, 0) is 31.1 Å². The lowest BCUT2D eigenvalue weighted by Gasteiger charge is -2.22. The number of carboxylic acids is 1. The third-order valence-electron chi connectivity index (χ3n) is 3.10. The van der Waals surface area contributed by atoms with Gasteiger partial charge in [0.15, 0.2) is 0 Å². The van der Waals surface area contributed by atoms with Crippen molar-refractivity contribution in [3.8, 4) is 0 Å². The van der Waals surface area contributed by atoms with Crippen molar-refractivity contribution in [1.29, 1.82) is 0 Å². The summed E-state index contributed by atoms with van der Waals surface area (Å²) < 4.78 is 0. The van der Waals surface area contributed by atoms with Crippen LogP contribution in [0.1, 0.15) is 19.3 Å². The number of rotatable bonds is 1. The number of thiol groups is 1. The van der Waals surface area contributed by atoms with Gasteiger partial charge in [-0.15, -0.1) is 0 Å². The van der Waals surface area contributed by atoms with E-state index in [0.29, 0.717) is 17.1 Å². The van der Waals surface area contributed by atoms with E-state index in [9.17, 15) is 4.79 Å². The van der Waals surface area contributed by atoms with E-state index in [2.05, 4.69) is 12.6 Å². The smallest absolute Gasteiger partial charge is 0.306 e. The lowest BCUT2D eigenvalue weighted by atomic mass is 9.88. The van der Waals surface area contributed by atoms with Crippen molar-refractivity contribution in [3.05, 3.63) is 0 Å². The molecule has 4 unspecified atom stereocenters. The van der Waals surface area contributed by atoms with E-state index in [0.717, 1.165) is 19.3 Å². The van der Waals surface area contributed by atoms with Crippen LogP contribution in [-0.2, 0) is 4.79 Å². The van der Waals surface area contributed by atoms with Gasteiger partial charge >= 0.3 is 5.97 Å². The minimum atomic E-state index is -0.615. The molecule has 2 bridgehead atoms. The molecule has 2 rings (SSSR count). The third kappa shape index (κ3) is 1.06. The second-order valence-electron chi connectivity index (χ2n) is 3.75. The molecule has 2 fully saturated rings. The van der Waals surface area contributed by atoms with Gasteiger partial charge in [0.1, 0.15) is 0 Å². The van der Waals surface area contributed by atoms with Crippen molar-refractivity contribution < 1.29 is 9.90 Å². The van der Waals surface area contributed by atoms with E-state index < -0.39 is 5.97 Å². The molecule has 62 valence electrons. The Hall–Kier alpha value is -0.180. The molecule has 4 atom stereocenters. The Balaban J connectivity index is 2.12. The Morgan fingerprint density at radius 1 is 1.36 bits per heavy atom. The van der Waals surface area contributed by atoms with Crippen LogP contribution in [0.3, 0.4) is 0 Å². The zero-order valence-electron chi connectivity index (χ0n) is 6.23. The maximum Gasteiger partial charge on any atom is 0.306 e. The van der Waals surface area contributed by atoms with E-state index in [-0.39, 0.29) is 5.92 Å². The van der Waals surface area contributed by atoms with E-state index in [1.807, 2.05) is 0 Å². The summed E-state index contributed by atoms with van der Waals surface area (Å²) in [5.74, 6) is 0.317. The van der Waals surface area contributed by atoms with Crippen LogP contribution in [0.4, 0.5) is 0 Å². The third-order valence-corrected chi connectivity index (χ3v) is 3.69. The summed E-state index contributed by atoms with van der Waals surface area (Å²) in [5.41, 5.74) is 0. The number of hydrogen-bond acceptors (Lipinski definition) is 2. The molecule has 0 aliphatic heterocycles. The SMILES string of the molecule is O=C(O)C1CC2CC(S)C1C2. The Morgan fingerprint density at radius 3 is 2.45 bits per heavy atom. The maximum atomic E-state index is 10.7. The summed E-state index contributed by atoms with van der Waals surface area (Å²) in [5, 5.41) is 9.18. The van der Waals surface area contributed by atoms with Gasteiger partial charge in [-0.1, -0.05) is 0 Å². The Morgan fingerprint density at radius 2 is 2.09 bits per heavy atom. The van der Waals surface area contributed by atoms with Gasteiger partial charge in [0.2, 0.25) is 0 Å². The Labute approximate surface area is 71.4 Å². The monoisotopic (exact) mass is 172 g/mol. The summed E-state index contributed by atoms with van der Waals surface area (Å²) in [6.45, 7) is 0. The molecule has 0 radical (unpaired) electrons. The van der Waals surface area contributed by atoms with Crippen LogP contribution >= 0.6 is 12.6 Å². The molecule has 3 heteroatoms. The quantitative estimate of drug-likeness (QED) is 0.587. The molecule has 0 spiro atoms. The van der Waals surface area contributed by atoms with E-state index in [1.165, 1.54) is 0 Å². The van der Waals surface area contributed by atoms with Crippen molar-refractivity contribution in [2.24, 2.45) is 17.8 Å². The predicted molar refractivity (Wildman–Crippen MR) is 44.7 cm³/mol. The first-order valence-corrected chi connectivity index (χ1v) is 4.61. The molecule has 0 aromatic carbocycles. The van der Waals surface area contributed by atoms with Crippen LogP contribution in [-0.4, -0.2) is 16.3 Å². The normalized spacial score (nSPS) is 48.1. The fourth-order valence-corrected chi connectivity index (χ4v) is 3.22. The summed E-state index contributed by atoms with van der Waals surface area (Å²) in [6.07, 6.45) is 3.14. The fourth-order valence-electron chi connectivity index (χ4n) is 2.60. The van der Waals surface area contributed by atoms with Crippen LogP contribution in [0.15, 0.2) is 0 Å². The summed E-state index contributed by atoms with van der Waals surface area (Å²) in [7, 11) is 0. The fraction of sp³-hybridized carbons (Fsp3) is 0.875. The lowest BCUT2D eigenvalue weighted by Crippen LogP contribution is -2.26. The molecule has 0 aromatic heterocycles. The van der Waals surface area contributed by atoms with Gasteiger partial charge in [-0.2, -0.15) is 12.6 Å². The van der Waals surface area contributed by atoms with Gasteiger partial charge < -0.3 is 5.11 Å². The highest BCUT2D eigenvalue weighted by atomic mass is 32.1. The Bertz CT molecular complexity index is 193. The number of carbonyl (C=O) groups is 1. The highest BCUT2D eigenvalue weighted by molar-refractivity contribution is 7.81. The molecule has 11 heavy (non-hydrogen) atoms. The second kappa shape index (κ2) is 2.41. The topological polar surface area (TPSA) is 37.3 Å². The molecule has 0 saturated heterocycles. The predicted octanol–water partition coefficient (Wildman–Crippen LogP) is 1.42. The number of fused-ring (bicyclic) bond motifs is 2. The summed E-state index contributed by atoms with van der Waals surface area (Å²) in [6, 6.07) is 0. The van der Waals surface area contributed by atoms with Gasteiger partial charge in [-0.25, -0.2) is 0 Å². The zero-order chi connectivity index (χ0) is 8.01. The first-order valence-electron chi connectivity index (χ1n) is 4.09. The largest absolute Gasteiger partial charge is 0.481 e. The maximum absolute atomic E-state index is 10.7. The molecule has 0 heterocycles. The van der Waals surface area contributed by atoms with E-state index >= 15 is 0 Å². The van der Waals surface area contributed by atoms with E-state index in [4.69, 9.17) is 5.11 Å². The van der Waals surface area contributed by atoms with Gasteiger partial charge in [0, 0.05) is 5.25 Å². The van der Waals surface area contributed by atoms with Crippen LogP contribution in [0.2, 0.25) is 0 Å². The van der Waals surface area contributed by atoms with Crippen molar-refractivity contribution in [2.45, 2.75) is 24.5 Å². The molecule has 2 saturated carbocycles.